The first-order valence-corrected chi connectivity index (χ1v) is 7.66. The molecule has 0 spiro atoms. The van der Waals surface area contributed by atoms with Gasteiger partial charge < -0.3 is 10.1 Å². The predicted octanol–water partition coefficient (Wildman–Crippen LogP) is 5.01. The van der Waals surface area contributed by atoms with Crippen molar-refractivity contribution in [3.63, 3.8) is 0 Å². The molecule has 2 aromatic rings. The van der Waals surface area contributed by atoms with Crippen LogP contribution in [0.1, 0.15) is 29.7 Å². The highest BCUT2D eigenvalue weighted by Crippen LogP contribution is 2.35. The van der Waals surface area contributed by atoms with Crippen LogP contribution in [0.3, 0.4) is 0 Å². The summed E-state index contributed by atoms with van der Waals surface area (Å²) >= 11 is 12.7. The fourth-order valence-electron chi connectivity index (χ4n) is 2.46. The first kappa shape index (κ1) is 16.2. The molecule has 0 aromatic heterocycles. The highest BCUT2D eigenvalue weighted by Gasteiger charge is 2.19. The number of benzene rings is 2. The molecule has 0 saturated heterocycles. The molecule has 0 aliphatic carbocycles. The molecule has 1 unspecified atom stereocenters. The average Bonchev–Trinajstić information content (AvgIpc) is 2.46. The van der Waals surface area contributed by atoms with Gasteiger partial charge in [-0.1, -0.05) is 48.3 Å². The summed E-state index contributed by atoms with van der Waals surface area (Å²) in [6.45, 7) is 4.91. The van der Waals surface area contributed by atoms with Crippen molar-refractivity contribution in [1.29, 1.82) is 0 Å². The Hall–Kier alpha value is -1.22. The normalized spacial score (nSPS) is 12.2. The minimum absolute atomic E-state index is 0.0409. The van der Waals surface area contributed by atoms with Crippen LogP contribution in [0.15, 0.2) is 36.4 Å². The van der Waals surface area contributed by atoms with Crippen molar-refractivity contribution in [3.05, 3.63) is 63.1 Å². The van der Waals surface area contributed by atoms with Crippen LogP contribution in [0.4, 0.5) is 0 Å². The summed E-state index contributed by atoms with van der Waals surface area (Å²) in [5, 5.41) is 4.79. The Morgan fingerprint density at radius 3 is 2.33 bits per heavy atom. The van der Waals surface area contributed by atoms with Crippen molar-refractivity contribution >= 4 is 23.2 Å². The monoisotopic (exact) mass is 323 g/mol. The minimum Gasteiger partial charge on any atom is -0.496 e. The molecular formula is C17H19Cl2NO. The van der Waals surface area contributed by atoms with Gasteiger partial charge in [-0.15, -0.1) is 0 Å². The highest BCUT2D eigenvalue weighted by atomic mass is 35.5. The van der Waals surface area contributed by atoms with Crippen LogP contribution in [-0.2, 0) is 0 Å². The van der Waals surface area contributed by atoms with Crippen LogP contribution >= 0.6 is 23.2 Å². The molecule has 0 saturated carbocycles. The molecule has 2 aromatic carbocycles. The summed E-state index contributed by atoms with van der Waals surface area (Å²) < 4.78 is 5.32. The highest BCUT2D eigenvalue weighted by molar-refractivity contribution is 6.36. The van der Waals surface area contributed by atoms with Gasteiger partial charge in [0.15, 0.2) is 0 Å². The number of nitrogens with one attached hydrogen (secondary N) is 1. The Kier molecular flexibility index (Phi) is 5.51. The molecule has 21 heavy (non-hydrogen) atoms. The Morgan fingerprint density at radius 1 is 1.14 bits per heavy atom. The summed E-state index contributed by atoms with van der Waals surface area (Å²) in [7, 11) is 1.68. The maximum atomic E-state index is 6.36. The summed E-state index contributed by atoms with van der Waals surface area (Å²) in [6.07, 6.45) is 0. The molecular weight excluding hydrogens is 305 g/mol. The van der Waals surface area contributed by atoms with E-state index < -0.39 is 0 Å². The summed E-state index contributed by atoms with van der Waals surface area (Å²) in [5.41, 5.74) is 3.11. The predicted molar refractivity (Wildman–Crippen MR) is 89.7 cm³/mol. The Balaban J connectivity index is 2.51. The Labute approximate surface area is 136 Å². The lowest BCUT2D eigenvalue weighted by Crippen LogP contribution is -2.22. The third-order valence-corrected chi connectivity index (χ3v) is 4.11. The van der Waals surface area contributed by atoms with E-state index in [1.54, 1.807) is 7.11 Å². The van der Waals surface area contributed by atoms with Gasteiger partial charge in [-0.05, 0) is 42.8 Å². The standard InChI is InChI=1S/C17H19Cl2NO/c1-4-20-17(16-13(18)6-5-7-14(16)19)12-8-9-15(21-3)11(2)10-12/h5-10,17,20H,4H2,1-3H3. The van der Waals surface area contributed by atoms with Crippen LogP contribution < -0.4 is 10.1 Å². The molecule has 1 N–H and O–H groups in total. The van der Waals surface area contributed by atoms with Gasteiger partial charge in [0.1, 0.15) is 5.75 Å². The van der Waals surface area contributed by atoms with E-state index in [0.29, 0.717) is 10.0 Å². The van der Waals surface area contributed by atoms with Gasteiger partial charge in [-0.2, -0.15) is 0 Å². The molecule has 0 bridgehead atoms. The topological polar surface area (TPSA) is 21.3 Å². The molecule has 0 heterocycles. The molecule has 4 heteroatoms. The largest absolute Gasteiger partial charge is 0.496 e. The van der Waals surface area contributed by atoms with Crippen LogP contribution in [0.25, 0.3) is 0 Å². The summed E-state index contributed by atoms with van der Waals surface area (Å²) in [4.78, 5) is 0. The molecule has 0 amide bonds. The quantitative estimate of drug-likeness (QED) is 0.835. The third-order valence-electron chi connectivity index (χ3n) is 3.45. The van der Waals surface area contributed by atoms with Gasteiger partial charge in [0.05, 0.1) is 13.2 Å². The lowest BCUT2D eigenvalue weighted by molar-refractivity contribution is 0.411. The van der Waals surface area contributed by atoms with Crippen molar-refractivity contribution in [2.24, 2.45) is 0 Å². The van der Waals surface area contributed by atoms with E-state index in [-0.39, 0.29) is 6.04 Å². The number of methoxy groups -OCH3 is 1. The van der Waals surface area contributed by atoms with Gasteiger partial charge in [-0.3, -0.25) is 0 Å². The second-order valence-electron chi connectivity index (χ2n) is 4.86. The summed E-state index contributed by atoms with van der Waals surface area (Å²) in [5.74, 6) is 0.874. The zero-order chi connectivity index (χ0) is 15.4. The lowest BCUT2D eigenvalue weighted by Gasteiger charge is -2.22. The first-order chi connectivity index (χ1) is 10.1. The third kappa shape index (κ3) is 3.52. The van der Waals surface area contributed by atoms with Gasteiger partial charge in [0, 0.05) is 15.6 Å². The molecule has 0 fully saturated rings. The number of hydrogen-bond donors (Lipinski definition) is 1. The van der Waals surface area contributed by atoms with Gasteiger partial charge in [0.2, 0.25) is 0 Å². The molecule has 0 aliphatic heterocycles. The van der Waals surface area contributed by atoms with E-state index in [2.05, 4.69) is 18.3 Å². The summed E-state index contributed by atoms with van der Waals surface area (Å²) in [6, 6.07) is 11.7. The lowest BCUT2D eigenvalue weighted by atomic mass is 9.96. The first-order valence-electron chi connectivity index (χ1n) is 6.90. The number of rotatable bonds is 5. The van der Waals surface area contributed by atoms with Crippen LogP contribution in [0, 0.1) is 6.92 Å². The number of aryl methyl sites for hydroxylation is 1. The zero-order valence-electron chi connectivity index (χ0n) is 12.4. The van der Waals surface area contributed by atoms with Crippen LogP contribution in [0.5, 0.6) is 5.75 Å². The molecule has 1 atom stereocenters. The van der Waals surface area contributed by atoms with E-state index >= 15 is 0 Å². The van der Waals surface area contributed by atoms with E-state index in [4.69, 9.17) is 27.9 Å². The number of ether oxygens (including phenoxy) is 1. The van der Waals surface area contributed by atoms with Crippen molar-refractivity contribution in [3.8, 4) is 5.75 Å². The van der Waals surface area contributed by atoms with Crippen LogP contribution in [-0.4, -0.2) is 13.7 Å². The Bertz CT molecular complexity index is 608. The maximum Gasteiger partial charge on any atom is 0.121 e. The average molecular weight is 324 g/mol. The fraction of sp³-hybridized carbons (Fsp3) is 0.294. The SMILES string of the molecule is CCNC(c1ccc(OC)c(C)c1)c1c(Cl)cccc1Cl. The molecule has 2 nitrogen and oxygen atoms in total. The van der Waals surface area contributed by atoms with E-state index in [0.717, 1.165) is 29.0 Å². The second-order valence-corrected chi connectivity index (χ2v) is 5.67. The number of halogens is 2. The van der Waals surface area contributed by atoms with Crippen molar-refractivity contribution in [1.82, 2.24) is 5.32 Å². The smallest absolute Gasteiger partial charge is 0.121 e. The zero-order valence-corrected chi connectivity index (χ0v) is 13.9. The van der Waals surface area contributed by atoms with Crippen molar-refractivity contribution in [2.75, 3.05) is 13.7 Å². The van der Waals surface area contributed by atoms with Gasteiger partial charge in [-0.25, -0.2) is 0 Å². The van der Waals surface area contributed by atoms with Gasteiger partial charge in [0.25, 0.3) is 0 Å². The van der Waals surface area contributed by atoms with Crippen molar-refractivity contribution in [2.45, 2.75) is 19.9 Å². The molecule has 0 aliphatic rings. The maximum absolute atomic E-state index is 6.36. The minimum atomic E-state index is -0.0409. The Morgan fingerprint density at radius 2 is 1.81 bits per heavy atom. The number of hydrogen-bond acceptors (Lipinski definition) is 2. The van der Waals surface area contributed by atoms with Gasteiger partial charge >= 0.3 is 0 Å². The van der Waals surface area contributed by atoms with E-state index in [1.165, 1.54) is 0 Å². The van der Waals surface area contributed by atoms with Crippen LogP contribution in [0.2, 0.25) is 10.0 Å². The van der Waals surface area contributed by atoms with Crippen molar-refractivity contribution < 1.29 is 4.74 Å². The molecule has 2 rings (SSSR count). The molecule has 112 valence electrons. The van der Waals surface area contributed by atoms with E-state index in [9.17, 15) is 0 Å². The fourth-order valence-corrected chi connectivity index (χ4v) is 3.07. The second kappa shape index (κ2) is 7.17. The van der Waals surface area contributed by atoms with E-state index in [1.807, 2.05) is 37.3 Å². The molecule has 0 radical (unpaired) electrons.